The summed E-state index contributed by atoms with van der Waals surface area (Å²) in [5, 5.41) is 221. The van der Waals surface area contributed by atoms with Crippen LogP contribution < -0.4 is 10.6 Å². The topological polar surface area (TPSA) is 583 Å². The molecular formula is C47H80N2O35. The standard InChI is InChI=1S/C47H80N2O35/c1-11-21(48-12(2)55)28(62)38(17(7-53)74-11)81-42-22(49-13(3)56)29(63)39(18(8-54)78-42)82-47-37(71)41(84-46-35(69)32(66)25(59)16(6-52)77-46)27(61)20(80-47)10-73-44-36(70)40(83-45-34(68)31(65)24(58)15(5-51)76-45)26(60)19(79-44)9-72-43-33(67)30(64)23(57)14(4-50)75-43/h11,14-47,50-54,57-71H,4-10H2,1-3H3,(H,48,55)(H,49,56)/t11-,14?,15?,16?,17?,18?,19?,20?,21?,22?,23+,24+,25-,26+,27+,28+,29+,30-,31-,32?,33?,34?,35-,36?,37?,38+,39+,40-,41-,42-,43+,44-,45-,46-,47-/m0/s1. The lowest BCUT2D eigenvalue weighted by atomic mass is 9.92. The van der Waals surface area contributed by atoms with Gasteiger partial charge in [0.2, 0.25) is 11.8 Å². The predicted molar refractivity (Wildman–Crippen MR) is 258 cm³/mol. The molecule has 37 heteroatoms. The van der Waals surface area contributed by atoms with E-state index < -0.39 is 273 Å². The second-order valence-corrected chi connectivity index (χ2v) is 21.4. The molecule has 0 aliphatic carbocycles. The third-order valence-corrected chi connectivity index (χ3v) is 15.6. The molecule has 0 spiro atoms. The molecule has 7 aliphatic heterocycles. The van der Waals surface area contributed by atoms with Crippen molar-refractivity contribution in [3.8, 4) is 0 Å². The Morgan fingerprint density at radius 1 is 0.321 bits per heavy atom. The minimum Gasteiger partial charge on any atom is -0.394 e. The first-order chi connectivity index (χ1) is 39.7. The summed E-state index contributed by atoms with van der Waals surface area (Å²) in [4.78, 5) is 24.8. The highest BCUT2D eigenvalue weighted by atomic mass is 16.8. The Bertz CT molecular complexity index is 2060. The summed E-state index contributed by atoms with van der Waals surface area (Å²) in [6, 6.07) is -2.86. The molecule has 0 radical (unpaired) electrons. The number of carbonyl (C=O) groups is 2. The number of aliphatic hydroxyl groups excluding tert-OH is 20. The molecule has 0 bridgehead atoms. The quantitative estimate of drug-likeness (QED) is 0.0507. The van der Waals surface area contributed by atoms with Gasteiger partial charge in [-0.1, -0.05) is 0 Å². The van der Waals surface area contributed by atoms with Crippen LogP contribution in [-0.2, 0) is 71.2 Å². The van der Waals surface area contributed by atoms with Crippen LogP contribution >= 0.6 is 0 Å². The number of aliphatic hydroxyl groups is 20. The Balaban J connectivity index is 1.17. The van der Waals surface area contributed by atoms with Gasteiger partial charge in [0, 0.05) is 13.8 Å². The fraction of sp³-hybridized carbons (Fsp3) is 0.957. The van der Waals surface area contributed by atoms with Crippen molar-refractivity contribution >= 4 is 11.8 Å². The van der Waals surface area contributed by atoms with Crippen molar-refractivity contribution in [3.05, 3.63) is 0 Å². The molecule has 22 N–H and O–H groups in total. The summed E-state index contributed by atoms with van der Waals surface area (Å²) in [5.74, 6) is -1.41. The summed E-state index contributed by atoms with van der Waals surface area (Å²) in [6.45, 7) is -2.89. The second kappa shape index (κ2) is 30.0. The Morgan fingerprint density at radius 3 is 1.05 bits per heavy atom. The molecular weight excluding hydrogens is 1150 g/mol. The molecule has 7 saturated heterocycles. The van der Waals surface area contributed by atoms with Crippen LogP contribution in [-0.4, -0.2) is 375 Å². The van der Waals surface area contributed by atoms with E-state index in [-0.39, 0.29) is 0 Å². The Morgan fingerprint density at radius 2 is 0.619 bits per heavy atom. The predicted octanol–water partition coefficient (Wildman–Crippen LogP) is -14.9. The van der Waals surface area contributed by atoms with Crippen LogP contribution in [0.25, 0.3) is 0 Å². The van der Waals surface area contributed by atoms with Gasteiger partial charge in [0.25, 0.3) is 0 Å². The molecule has 7 rings (SSSR count). The van der Waals surface area contributed by atoms with Crippen LogP contribution in [0, 0.1) is 0 Å². The van der Waals surface area contributed by atoms with Crippen LogP contribution in [0.15, 0.2) is 0 Å². The summed E-state index contributed by atoms with van der Waals surface area (Å²) < 4.78 is 75.1. The lowest BCUT2D eigenvalue weighted by molar-refractivity contribution is -0.387. The minimum atomic E-state index is -2.32. The van der Waals surface area contributed by atoms with Gasteiger partial charge in [-0.15, -0.1) is 0 Å². The summed E-state index contributed by atoms with van der Waals surface area (Å²) >= 11 is 0. The maximum absolute atomic E-state index is 12.7. The Hall–Kier alpha value is -2.38. The monoisotopic (exact) mass is 1230 g/mol. The second-order valence-electron chi connectivity index (χ2n) is 21.4. The van der Waals surface area contributed by atoms with Crippen LogP contribution in [0.5, 0.6) is 0 Å². The number of nitrogens with one attached hydrogen (secondary N) is 2. The average molecular weight is 1230 g/mol. The molecule has 7 aliphatic rings. The maximum atomic E-state index is 12.7. The largest absolute Gasteiger partial charge is 0.394 e. The van der Waals surface area contributed by atoms with Crippen LogP contribution in [0.1, 0.15) is 20.8 Å². The number of ether oxygens (including phenoxy) is 13. The minimum absolute atomic E-state index is 0.578. The lowest BCUT2D eigenvalue weighted by Crippen LogP contribution is -2.70. The van der Waals surface area contributed by atoms with E-state index in [1.807, 2.05) is 0 Å². The molecule has 7 heterocycles. The zero-order valence-corrected chi connectivity index (χ0v) is 45.2. The van der Waals surface area contributed by atoms with Crippen molar-refractivity contribution < 1.29 is 173 Å². The lowest BCUT2D eigenvalue weighted by Gasteiger charge is -2.50. The first kappa shape index (κ1) is 69.1. The molecule has 84 heavy (non-hydrogen) atoms. The van der Waals surface area contributed by atoms with Crippen molar-refractivity contribution in [2.24, 2.45) is 0 Å². The summed E-state index contributed by atoms with van der Waals surface area (Å²) in [7, 11) is 0. The molecule has 2 amide bonds. The van der Waals surface area contributed by atoms with E-state index >= 15 is 0 Å². The van der Waals surface area contributed by atoms with Gasteiger partial charge in [0.05, 0.1) is 58.4 Å². The van der Waals surface area contributed by atoms with Gasteiger partial charge in [-0.25, -0.2) is 0 Å². The number of rotatable bonds is 21. The van der Waals surface area contributed by atoms with Crippen molar-refractivity contribution in [2.45, 2.75) is 235 Å². The molecule has 0 aromatic carbocycles. The van der Waals surface area contributed by atoms with Crippen molar-refractivity contribution in [2.75, 3.05) is 46.2 Å². The zero-order chi connectivity index (χ0) is 61.9. The van der Waals surface area contributed by atoms with E-state index in [2.05, 4.69) is 10.6 Å². The smallest absolute Gasteiger partial charge is 0.217 e. The van der Waals surface area contributed by atoms with E-state index in [9.17, 15) is 112 Å². The van der Waals surface area contributed by atoms with Crippen molar-refractivity contribution in [1.29, 1.82) is 0 Å². The molecule has 37 nitrogen and oxygen atoms in total. The highest BCUT2D eigenvalue weighted by Gasteiger charge is 2.58. The van der Waals surface area contributed by atoms with Gasteiger partial charge in [0.1, 0.15) is 165 Å². The normalized spacial score (nSPS) is 50.3. The highest BCUT2D eigenvalue weighted by Crippen LogP contribution is 2.37. The number of hydrogen-bond donors (Lipinski definition) is 22. The molecule has 7 fully saturated rings. The van der Waals surface area contributed by atoms with Gasteiger partial charge in [-0.2, -0.15) is 0 Å². The van der Waals surface area contributed by atoms with E-state index in [1.165, 1.54) is 6.92 Å². The fourth-order valence-electron chi connectivity index (χ4n) is 10.8. The first-order valence-corrected chi connectivity index (χ1v) is 26.9. The first-order valence-electron chi connectivity index (χ1n) is 26.9. The van der Waals surface area contributed by atoms with Gasteiger partial charge in [-0.3, -0.25) is 9.59 Å². The molecule has 488 valence electrons. The number of carbonyl (C=O) groups excluding carboxylic acids is 2. The number of hydrogen-bond acceptors (Lipinski definition) is 35. The third-order valence-electron chi connectivity index (χ3n) is 15.6. The van der Waals surface area contributed by atoms with Gasteiger partial charge in [-0.05, 0) is 6.92 Å². The summed E-state index contributed by atoms with van der Waals surface area (Å²) in [5.41, 5.74) is 0. The summed E-state index contributed by atoms with van der Waals surface area (Å²) in [6.07, 6.45) is -62.9. The molecule has 14 unspecified atom stereocenters. The SMILES string of the molecule is CC(=O)NC1[C@H](O[C@@H]2C(CO)O[C@@H](C)C(NC(C)=O)[C@H]2O)OC(CO)[C@@H](O[C@@H]2OC(CO[C@H]3OC(CO[C@@H]4OC(CO)[C@@H](O)[C@H](O)C4O)[C@@H](O)[C@H](O[C@@H]4OC(CO)[C@@H](O)[C@H](O)C4O)C3O)[C@@H](O)[C@H](O[C@@H]3OC(CO)[C@H](O)C(O)[C@@H]3O)C2O)[C@@H]1O. The highest BCUT2D eigenvalue weighted by molar-refractivity contribution is 5.73. The van der Waals surface area contributed by atoms with E-state index in [4.69, 9.17) is 61.6 Å². The average Bonchev–Trinajstić information content (AvgIpc) is 1.63. The van der Waals surface area contributed by atoms with Crippen LogP contribution in [0.3, 0.4) is 0 Å². The molecule has 35 atom stereocenters. The fourth-order valence-corrected chi connectivity index (χ4v) is 10.8. The molecule has 0 saturated carbocycles. The van der Waals surface area contributed by atoms with E-state index in [0.29, 0.717) is 0 Å². The van der Waals surface area contributed by atoms with Crippen molar-refractivity contribution in [1.82, 2.24) is 10.6 Å². The Kier molecular flexibility index (Phi) is 24.6. The van der Waals surface area contributed by atoms with Gasteiger partial charge in [0.15, 0.2) is 37.7 Å². The van der Waals surface area contributed by atoms with Gasteiger partial charge >= 0.3 is 0 Å². The Labute approximate surface area is 476 Å². The van der Waals surface area contributed by atoms with Gasteiger partial charge < -0.3 is 174 Å². The van der Waals surface area contributed by atoms with Crippen molar-refractivity contribution in [3.63, 3.8) is 0 Å². The molecule has 0 aromatic rings. The third kappa shape index (κ3) is 14.9. The van der Waals surface area contributed by atoms with E-state index in [1.54, 1.807) is 0 Å². The zero-order valence-electron chi connectivity index (χ0n) is 45.2. The number of amides is 2. The maximum Gasteiger partial charge on any atom is 0.217 e. The van der Waals surface area contributed by atoms with Crippen LogP contribution in [0.4, 0.5) is 0 Å². The van der Waals surface area contributed by atoms with E-state index in [0.717, 1.165) is 13.8 Å². The van der Waals surface area contributed by atoms with Crippen LogP contribution in [0.2, 0.25) is 0 Å². The molecule has 0 aromatic heterocycles.